The molecule has 4 heterocycles. The summed E-state index contributed by atoms with van der Waals surface area (Å²) >= 11 is 0. The van der Waals surface area contributed by atoms with Crippen molar-refractivity contribution in [2.45, 2.75) is 52.6 Å². The number of H-pyrrole nitrogens is 1. The van der Waals surface area contributed by atoms with E-state index in [1.54, 1.807) is 12.4 Å². The standard InChI is InChI=1S/C32H34N6O2/c1-20(2)28-29(31(39)34-16-22-9-11-23(12-10-22)18-37-13-4-5-14-37)36-38-19-27(35-32(40)30(28)38)24-15-25-21(3)7-6-8-26(25)33-17-24/h6-12,15,17,19-20H,4-5,13-14,16,18H2,1-3H3,(H,34,39)(H,35,40). The number of carbonyl (C=O) groups excluding carboxylic acids is 1. The topological polar surface area (TPSA) is 95.4 Å². The fourth-order valence-corrected chi connectivity index (χ4v) is 5.64. The van der Waals surface area contributed by atoms with E-state index < -0.39 is 0 Å². The Morgan fingerprint density at radius 2 is 1.82 bits per heavy atom. The van der Waals surface area contributed by atoms with Crippen LogP contribution in [0, 0.1) is 6.92 Å². The Hall–Kier alpha value is -4.30. The zero-order chi connectivity index (χ0) is 27.8. The molecule has 5 aromatic rings. The van der Waals surface area contributed by atoms with Gasteiger partial charge in [-0.1, -0.05) is 50.2 Å². The Balaban J connectivity index is 1.26. The lowest BCUT2D eigenvalue weighted by molar-refractivity contribution is 0.0944. The van der Waals surface area contributed by atoms with Crippen LogP contribution in [0.1, 0.15) is 65.3 Å². The first-order chi connectivity index (χ1) is 19.4. The zero-order valence-corrected chi connectivity index (χ0v) is 23.2. The van der Waals surface area contributed by atoms with E-state index in [9.17, 15) is 9.59 Å². The number of nitrogens with one attached hydrogen (secondary N) is 2. The minimum absolute atomic E-state index is 0.0694. The van der Waals surface area contributed by atoms with Gasteiger partial charge in [0.05, 0.1) is 17.4 Å². The second kappa shape index (κ2) is 10.7. The van der Waals surface area contributed by atoms with Crippen molar-refractivity contribution in [2.75, 3.05) is 13.1 Å². The van der Waals surface area contributed by atoms with Crippen molar-refractivity contribution in [1.82, 2.24) is 29.8 Å². The van der Waals surface area contributed by atoms with E-state index in [-0.39, 0.29) is 23.1 Å². The first kappa shape index (κ1) is 26.0. The fourth-order valence-electron chi connectivity index (χ4n) is 5.64. The number of aromatic amines is 1. The minimum atomic E-state index is -0.294. The maximum absolute atomic E-state index is 13.3. The van der Waals surface area contributed by atoms with Crippen LogP contribution < -0.4 is 10.9 Å². The smallest absolute Gasteiger partial charge is 0.274 e. The predicted molar refractivity (Wildman–Crippen MR) is 157 cm³/mol. The van der Waals surface area contributed by atoms with Gasteiger partial charge in [0, 0.05) is 35.8 Å². The highest BCUT2D eigenvalue weighted by molar-refractivity contribution is 5.96. The summed E-state index contributed by atoms with van der Waals surface area (Å²) in [5.41, 5.74) is 6.69. The van der Waals surface area contributed by atoms with E-state index in [1.807, 2.05) is 45.0 Å². The lowest BCUT2D eigenvalue weighted by Crippen LogP contribution is -2.24. The van der Waals surface area contributed by atoms with E-state index in [4.69, 9.17) is 0 Å². The van der Waals surface area contributed by atoms with Gasteiger partial charge < -0.3 is 10.3 Å². The summed E-state index contributed by atoms with van der Waals surface area (Å²) in [6.45, 7) is 9.66. The molecule has 0 radical (unpaired) electrons. The van der Waals surface area contributed by atoms with Gasteiger partial charge in [0.25, 0.3) is 11.5 Å². The van der Waals surface area contributed by atoms with Crippen LogP contribution in [0.3, 0.4) is 0 Å². The average Bonchev–Trinajstić information content (AvgIpc) is 3.61. The van der Waals surface area contributed by atoms with Gasteiger partial charge >= 0.3 is 0 Å². The summed E-state index contributed by atoms with van der Waals surface area (Å²) in [4.78, 5) is 36.7. The molecule has 2 N–H and O–H groups in total. The highest BCUT2D eigenvalue weighted by Gasteiger charge is 2.24. The van der Waals surface area contributed by atoms with Crippen molar-refractivity contribution in [1.29, 1.82) is 0 Å². The molecule has 204 valence electrons. The molecule has 0 unspecified atom stereocenters. The zero-order valence-electron chi connectivity index (χ0n) is 23.2. The third kappa shape index (κ3) is 5.02. The van der Waals surface area contributed by atoms with Crippen LogP contribution in [0.15, 0.2) is 65.7 Å². The molecule has 0 bridgehead atoms. The summed E-state index contributed by atoms with van der Waals surface area (Å²) in [6, 6.07) is 16.4. The highest BCUT2D eigenvalue weighted by atomic mass is 16.2. The Bertz CT molecular complexity index is 1760. The summed E-state index contributed by atoms with van der Waals surface area (Å²) in [7, 11) is 0. The van der Waals surface area contributed by atoms with Gasteiger partial charge in [-0.2, -0.15) is 5.10 Å². The molecule has 1 aliphatic heterocycles. The molecule has 1 aliphatic rings. The van der Waals surface area contributed by atoms with Crippen LogP contribution in [-0.2, 0) is 13.1 Å². The van der Waals surface area contributed by atoms with Crippen LogP contribution in [0.25, 0.3) is 27.7 Å². The lowest BCUT2D eigenvalue weighted by atomic mass is 10.0. The first-order valence-electron chi connectivity index (χ1n) is 14.0. The molecule has 2 aromatic carbocycles. The van der Waals surface area contributed by atoms with Crippen molar-refractivity contribution in [3.8, 4) is 11.3 Å². The number of likely N-dealkylation sites (tertiary alicyclic amines) is 1. The SMILES string of the molecule is Cc1cccc2ncc(-c3cn4nc(C(=O)NCc5ccc(CN6CCCC6)cc5)c(C(C)C)c4c(=O)[nH]3)cc12. The Morgan fingerprint density at radius 1 is 1.07 bits per heavy atom. The van der Waals surface area contributed by atoms with Crippen LogP contribution in [0.2, 0.25) is 0 Å². The van der Waals surface area contributed by atoms with Crippen LogP contribution in [-0.4, -0.2) is 43.5 Å². The number of hydrogen-bond acceptors (Lipinski definition) is 5. The molecule has 3 aromatic heterocycles. The molecule has 1 fully saturated rings. The van der Waals surface area contributed by atoms with Crippen LogP contribution in [0.5, 0.6) is 0 Å². The number of amides is 1. The van der Waals surface area contributed by atoms with Crippen LogP contribution in [0.4, 0.5) is 0 Å². The summed E-state index contributed by atoms with van der Waals surface area (Å²) in [5.74, 6) is -0.363. The number of aryl methyl sites for hydroxylation is 1. The van der Waals surface area contributed by atoms with Gasteiger partial charge in [-0.15, -0.1) is 0 Å². The first-order valence-corrected chi connectivity index (χ1v) is 14.0. The normalized spacial score (nSPS) is 14.0. The van der Waals surface area contributed by atoms with Gasteiger partial charge in [0.2, 0.25) is 0 Å². The van der Waals surface area contributed by atoms with Gasteiger partial charge in [-0.05, 0) is 67.6 Å². The van der Waals surface area contributed by atoms with Crippen LogP contribution >= 0.6 is 0 Å². The number of fused-ring (bicyclic) bond motifs is 2. The van der Waals surface area contributed by atoms with Gasteiger partial charge in [-0.25, -0.2) is 4.52 Å². The number of nitrogens with zero attached hydrogens (tertiary/aromatic N) is 4. The maximum Gasteiger partial charge on any atom is 0.274 e. The minimum Gasteiger partial charge on any atom is -0.347 e. The van der Waals surface area contributed by atoms with E-state index in [1.165, 1.54) is 22.9 Å². The Kier molecular flexibility index (Phi) is 6.94. The molecule has 0 spiro atoms. The molecule has 0 aliphatic carbocycles. The maximum atomic E-state index is 13.3. The predicted octanol–water partition coefficient (Wildman–Crippen LogP) is 5.20. The number of benzene rings is 2. The molecule has 1 amide bonds. The second-order valence-corrected chi connectivity index (χ2v) is 11.1. The number of aromatic nitrogens is 4. The molecule has 0 atom stereocenters. The quantitative estimate of drug-likeness (QED) is 0.299. The van der Waals surface area contributed by atoms with E-state index >= 15 is 0 Å². The molecular weight excluding hydrogens is 500 g/mol. The molecule has 8 heteroatoms. The van der Waals surface area contributed by atoms with Crippen molar-refractivity contribution < 1.29 is 4.79 Å². The van der Waals surface area contributed by atoms with Crippen molar-refractivity contribution in [3.05, 3.63) is 99.2 Å². The van der Waals surface area contributed by atoms with E-state index in [0.29, 0.717) is 23.3 Å². The molecule has 1 saturated heterocycles. The summed E-state index contributed by atoms with van der Waals surface area (Å²) in [5, 5.41) is 8.63. The lowest BCUT2D eigenvalue weighted by Gasteiger charge is -2.14. The average molecular weight is 535 g/mol. The largest absolute Gasteiger partial charge is 0.347 e. The number of rotatable bonds is 7. The highest BCUT2D eigenvalue weighted by Crippen LogP contribution is 2.26. The monoisotopic (exact) mass is 534 g/mol. The van der Waals surface area contributed by atoms with Gasteiger partial charge in [-0.3, -0.25) is 19.5 Å². The second-order valence-electron chi connectivity index (χ2n) is 11.1. The van der Waals surface area contributed by atoms with Gasteiger partial charge in [0.1, 0.15) is 5.52 Å². The third-order valence-corrected chi connectivity index (χ3v) is 7.79. The van der Waals surface area contributed by atoms with Crippen molar-refractivity contribution in [3.63, 3.8) is 0 Å². The fraction of sp³-hybridized carbons (Fsp3) is 0.312. The number of carbonyl (C=O) groups is 1. The van der Waals surface area contributed by atoms with E-state index in [0.717, 1.165) is 47.2 Å². The molecular formula is C32H34N6O2. The Morgan fingerprint density at radius 3 is 2.58 bits per heavy atom. The molecule has 0 saturated carbocycles. The van der Waals surface area contributed by atoms with Crippen molar-refractivity contribution >= 4 is 22.3 Å². The number of pyridine rings is 1. The third-order valence-electron chi connectivity index (χ3n) is 7.79. The molecule has 8 nitrogen and oxygen atoms in total. The molecule has 40 heavy (non-hydrogen) atoms. The number of hydrogen-bond donors (Lipinski definition) is 2. The summed E-state index contributed by atoms with van der Waals surface area (Å²) < 4.78 is 1.54. The summed E-state index contributed by atoms with van der Waals surface area (Å²) in [6.07, 6.45) is 6.06. The van der Waals surface area contributed by atoms with Gasteiger partial charge in [0.15, 0.2) is 5.69 Å². The van der Waals surface area contributed by atoms with E-state index in [2.05, 4.69) is 49.5 Å². The Labute approximate surface area is 233 Å². The molecule has 6 rings (SSSR count). The van der Waals surface area contributed by atoms with Crippen molar-refractivity contribution in [2.24, 2.45) is 0 Å².